The van der Waals surface area contributed by atoms with Crippen LogP contribution < -0.4 is 14.8 Å². The zero-order valence-electron chi connectivity index (χ0n) is 12.7. The molecule has 0 aliphatic heterocycles. The van der Waals surface area contributed by atoms with Crippen molar-refractivity contribution in [1.29, 1.82) is 0 Å². The molecule has 0 aliphatic rings. The molecule has 0 unspecified atom stereocenters. The van der Waals surface area contributed by atoms with Gasteiger partial charge < -0.3 is 14.8 Å². The highest BCUT2D eigenvalue weighted by atomic mass is 16.5. The molecule has 1 N–H and O–H groups in total. The van der Waals surface area contributed by atoms with Crippen molar-refractivity contribution in [3.05, 3.63) is 41.6 Å². The van der Waals surface area contributed by atoms with Gasteiger partial charge in [0, 0.05) is 23.9 Å². The van der Waals surface area contributed by atoms with Crippen LogP contribution in [0.3, 0.4) is 0 Å². The Balaban J connectivity index is 2.21. The third-order valence-corrected chi connectivity index (χ3v) is 2.81. The van der Waals surface area contributed by atoms with Crippen LogP contribution in [0.25, 0.3) is 0 Å². The van der Waals surface area contributed by atoms with E-state index < -0.39 is 0 Å². The number of para-hydroxylation sites is 1. The predicted octanol–water partition coefficient (Wildman–Crippen LogP) is 3.09. The number of hydrogen-bond acceptors (Lipinski definition) is 5. The van der Waals surface area contributed by atoms with E-state index in [1.807, 2.05) is 44.3 Å². The van der Waals surface area contributed by atoms with Crippen LogP contribution in [0.2, 0.25) is 0 Å². The molecular weight excluding hydrogens is 266 g/mol. The molecule has 112 valence electrons. The van der Waals surface area contributed by atoms with Gasteiger partial charge in [-0.15, -0.1) is 0 Å². The smallest absolute Gasteiger partial charge is 0.325 e. The molecule has 1 aromatic heterocycles. The summed E-state index contributed by atoms with van der Waals surface area (Å²) in [7, 11) is 1.90. The van der Waals surface area contributed by atoms with E-state index in [4.69, 9.17) is 9.47 Å². The summed E-state index contributed by atoms with van der Waals surface area (Å²) in [5, 5.41) is 3.12. The average Bonchev–Trinajstić information content (AvgIpc) is 2.47. The maximum Gasteiger partial charge on any atom is 0.325 e. The van der Waals surface area contributed by atoms with Crippen LogP contribution in [0.15, 0.2) is 30.3 Å². The molecule has 0 aliphatic carbocycles. The molecule has 1 aromatic carbocycles. The first-order valence-corrected chi connectivity index (χ1v) is 7.11. The van der Waals surface area contributed by atoms with Gasteiger partial charge in [-0.1, -0.05) is 25.1 Å². The van der Waals surface area contributed by atoms with Gasteiger partial charge in [0.25, 0.3) is 0 Å². The molecule has 1 heterocycles. The lowest BCUT2D eigenvalue weighted by Crippen LogP contribution is -2.07. The second kappa shape index (κ2) is 7.59. The van der Waals surface area contributed by atoms with Crippen LogP contribution in [0.1, 0.15) is 24.6 Å². The van der Waals surface area contributed by atoms with Crippen molar-refractivity contribution in [2.75, 3.05) is 13.7 Å². The Labute approximate surface area is 125 Å². The molecule has 0 amide bonds. The van der Waals surface area contributed by atoms with Gasteiger partial charge in [-0.3, -0.25) is 0 Å². The zero-order chi connectivity index (χ0) is 15.1. The molecule has 0 saturated carbocycles. The van der Waals surface area contributed by atoms with Crippen LogP contribution >= 0.6 is 0 Å². The van der Waals surface area contributed by atoms with Crippen LogP contribution in [-0.4, -0.2) is 23.6 Å². The lowest BCUT2D eigenvalue weighted by molar-refractivity contribution is 0.298. The van der Waals surface area contributed by atoms with Crippen molar-refractivity contribution in [2.24, 2.45) is 0 Å². The van der Waals surface area contributed by atoms with Gasteiger partial charge in [-0.25, -0.2) is 0 Å². The van der Waals surface area contributed by atoms with E-state index in [1.165, 1.54) is 0 Å². The summed E-state index contributed by atoms with van der Waals surface area (Å²) in [5.41, 5.74) is 1.87. The lowest BCUT2D eigenvalue weighted by Gasteiger charge is -2.11. The summed E-state index contributed by atoms with van der Waals surface area (Å²) in [4.78, 5) is 8.60. The topological polar surface area (TPSA) is 56.3 Å². The van der Waals surface area contributed by atoms with Crippen LogP contribution in [0, 0.1) is 6.92 Å². The number of nitrogens with one attached hydrogen (secondary N) is 1. The number of rotatable bonds is 7. The fraction of sp³-hybridized carbons (Fsp3) is 0.375. The monoisotopic (exact) mass is 287 g/mol. The normalized spacial score (nSPS) is 10.4. The van der Waals surface area contributed by atoms with Crippen molar-refractivity contribution in [2.45, 2.75) is 26.8 Å². The van der Waals surface area contributed by atoms with Crippen LogP contribution in [0.4, 0.5) is 0 Å². The Kier molecular flexibility index (Phi) is 5.51. The highest BCUT2D eigenvalue weighted by molar-refractivity contribution is 5.35. The van der Waals surface area contributed by atoms with Gasteiger partial charge >= 0.3 is 6.01 Å². The van der Waals surface area contributed by atoms with Gasteiger partial charge in [0.15, 0.2) is 0 Å². The van der Waals surface area contributed by atoms with E-state index in [9.17, 15) is 0 Å². The van der Waals surface area contributed by atoms with E-state index in [0.717, 1.165) is 30.0 Å². The molecule has 0 saturated heterocycles. The lowest BCUT2D eigenvalue weighted by atomic mass is 10.2. The number of ether oxygens (including phenoxy) is 2. The summed E-state index contributed by atoms with van der Waals surface area (Å²) in [6.07, 6.45) is 0.935. The van der Waals surface area contributed by atoms with Gasteiger partial charge in [0.2, 0.25) is 5.88 Å². The Bertz CT molecular complexity index is 587. The second-order valence-corrected chi connectivity index (χ2v) is 4.72. The SMILES string of the molecule is CCCOc1cc(C)nc(Oc2ccccc2CNC)n1. The van der Waals surface area contributed by atoms with Crippen molar-refractivity contribution < 1.29 is 9.47 Å². The van der Waals surface area contributed by atoms with E-state index in [1.54, 1.807) is 0 Å². The van der Waals surface area contributed by atoms with Crippen molar-refractivity contribution in [3.8, 4) is 17.6 Å². The van der Waals surface area contributed by atoms with E-state index in [0.29, 0.717) is 18.5 Å². The Morgan fingerprint density at radius 2 is 2.00 bits per heavy atom. The molecule has 0 bridgehead atoms. The molecule has 5 heteroatoms. The highest BCUT2D eigenvalue weighted by Gasteiger charge is 2.08. The molecule has 0 spiro atoms. The first kappa shape index (κ1) is 15.3. The van der Waals surface area contributed by atoms with Crippen LogP contribution in [0.5, 0.6) is 17.6 Å². The summed E-state index contributed by atoms with van der Waals surface area (Å²) >= 11 is 0. The second-order valence-electron chi connectivity index (χ2n) is 4.72. The number of hydrogen-bond donors (Lipinski definition) is 1. The summed E-state index contributed by atoms with van der Waals surface area (Å²) in [6.45, 7) is 5.31. The zero-order valence-corrected chi connectivity index (χ0v) is 12.7. The number of aryl methyl sites for hydroxylation is 1. The quantitative estimate of drug-likeness (QED) is 0.848. The molecule has 2 rings (SSSR count). The summed E-state index contributed by atoms with van der Waals surface area (Å²) in [5.74, 6) is 1.30. The van der Waals surface area contributed by atoms with E-state index in [2.05, 4.69) is 22.2 Å². The highest BCUT2D eigenvalue weighted by Crippen LogP contribution is 2.24. The van der Waals surface area contributed by atoms with E-state index >= 15 is 0 Å². The van der Waals surface area contributed by atoms with Gasteiger partial charge in [0.1, 0.15) is 5.75 Å². The number of benzene rings is 1. The number of aromatic nitrogens is 2. The maximum atomic E-state index is 5.82. The third kappa shape index (κ3) is 4.43. The minimum absolute atomic E-state index is 0.310. The summed E-state index contributed by atoms with van der Waals surface area (Å²) < 4.78 is 11.4. The maximum absolute atomic E-state index is 5.82. The van der Waals surface area contributed by atoms with Crippen molar-refractivity contribution in [1.82, 2.24) is 15.3 Å². The predicted molar refractivity (Wildman–Crippen MR) is 81.8 cm³/mol. The molecule has 0 fully saturated rings. The van der Waals surface area contributed by atoms with Gasteiger partial charge in [-0.05, 0) is 26.5 Å². The molecule has 5 nitrogen and oxygen atoms in total. The first-order valence-electron chi connectivity index (χ1n) is 7.11. The Morgan fingerprint density at radius 1 is 1.19 bits per heavy atom. The summed E-state index contributed by atoms with van der Waals surface area (Å²) in [6, 6.07) is 9.94. The third-order valence-electron chi connectivity index (χ3n) is 2.81. The van der Waals surface area contributed by atoms with Crippen molar-refractivity contribution in [3.63, 3.8) is 0 Å². The number of nitrogens with zero attached hydrogens (tertiary/aromatic N) is 2. The minimum atomic E-state index is 0.310. The van der Waals surface area contributed by atoms with E-state index in [-0.39, 0.29) is 0 Å². The molecular formula is C16H21N3O2. The Morgan fingerprint density at radius 3 is 2.76 bits per heavy atom. The fourth-order valence-corrected chi connectivity index (χ4v) is 1.88. The van der Waals surface area contributed by atoms with Gasteiger partial charge in [0.05, 0.1) is 6.61 Å². The standard InChI is InChI=1S/C16H21N3O2/c1-4-9-20-15-10-12(2)18-16(19-15)21-14-8-6-5-7-13(14)11-17-3/h5-8,10,17H,4,9,11H2,1-3H3. The molecule has 0 radical (unpaired) electrons. The fourth-order valence-electron chi connectivity index (χ4n) is 1.88. The minimum Gasteiger partial charge on any atom is -0.478 e. The molecule has 0 atom stereocenters. The average molecular weight is 287 g/mol. The molecule has 2 aromatic rings. The van der Waals surface area contributed by atoms with Crippen LogP contribution in [-0.2, 0) is 6.54 Å². The van der Waals surface area contributed by atoms with Crippen molar-refractivity contribution >= 4 is 0 Å². The Hall–Kier alpha value is -2.14. The first-order chi connectivity index (χ1) is 10.2. The molecule has 21 heavy (non-hydrogen) atoms. The van der Waals surface area contributed by atoms with Gasteiger partial charge in [-0.2, -0.15) is 9.97 Å². The largest absolute Gasteiger partial charge is 0.478 e.